The summed E-state index contributed by atoms with van der Waals surface area (Å²) in [7, 11) is 4.38. The summed E-state index contributed by atoms with van der Waals surface area (Å²) in [6.07, 6.45) is 7.95. The van der Waals surface area contributed by atoms with Gasteiger partial charge >= 0.3 is 0 Å². The second-order valence-electron chi connectivity index (χ2n) is 9.04. The number of hydrogen-bond acceptors (Lipinski definition) is 0. The first-order valence-electron chi connectivity index (χ1n) is 12.1. The first-order chi connectivity index (χ1) is 16.7. The lowest BCUT2D eigenvalue weighted by Gasteiger charge is -2.13. The average molecular weight is 445 g/mol. The minimum atomic E-state index is 0.968. The smallest absolute Gasteiger partial charge is 0.0521 e. The van der Waals surface area contributed by atoms with E-state index in [9.17, 15) is 0 Å². The lowest BCUT2D eigenvalue weighted by molar-refractivity contribution is 0.944. The first kappa shape index (κ1) is 22.0. The topological polar surface area (TPSA) is 9.86 Å². The highest BCUT2D eigenvalue weighted by molar-refractivity contribution is 5.94. The van der Waals surface area contributed by atoms with Gasteiger partial charge in [0.1, 0.15) is 0 Å². The molecular weight excluding hydrogens is 412 g/mol. The van der Waals surface area contributed by atoms with Gasteiger partial charge in [0.05, 0.1) is 11.4 Å². The van der Waals surface area contributed by atoms with Crippen molar-refractivity contribution in [2.45, 2.75) is 25.7 Å². The van der Waals surface area contributed by atoms with E-state index >= 15 is 0 Å². The minimum absolute atomic E-state index is 0.968. The molecule has 2 heteroatoms. The SMILES string of the molecule is C=CCCc1c(-c2cccc(-c3c(CCC=C)c4ccccc4n3C)c2)n(C)c2ccccc12. The van der Waals surface area contributed by atoms with Crippen molar-refractivity contribution in [2.75, 3.05) is 0 Å². The zero-order valence-electron chi connectivity index (χ0n) is 20.2. The number of benzene rings is 3. The lowest BCUT2D eigenvalue weighted by atomic mass is 9.96. The van der Waals surface area contributed by atoms with Gasteiger partial charge in [-0.15, -0.1) is 13.2 Å². The van der Waals surface area contributed by atoms with E-state index in [1.165, 1.54) is 55.4 Å². The Morgan fingerprint density at radius 2 is 1.06 bits per heavy atom. The number of para-hydroxylation sites is 2. The van der Waals surface area contributed by atoms with E-state index in [1.807, 2.05) is 12.2 Å². The van der Waals surface area contributed by atoms with Gasteiger partial charge < -0.3 is 9.13 Å². The Morgan fingerprint density at radius 1 is 0.618 bits per heavy atom. The maximum absolute atomic E-state index is 3.97. The Bertz CT molecular complexity index is 1400. The van der Waals surface area contributed by atoms with Crippen LogP contribution < -0.4 is 0 Å². The van der Waals surface area contributed by atoms with Crippen LogP contribution in [0, 0.1) is 0 Å². The summed E-state index contributed by atoms with van der Waals surface area (Å²) in [5.41, 5.74) is 10.5. The molecule has 0 fully saturated rings. The van der Waals surface area contributed by atoms with Gasteiger partial charge in [-0.3, -0.25) is 0 Å². The monoisotopic (exact) mass is 444 g/mol. The normalized spacial score (nSPS) is 11.4. The summed E-state index contributed by atoms with van der Waals surface area (Å²) in [6.45, 7) is 7.93. The number of nitrogens with zero attached hydrogens (tertiary/aromatic N) is 2. The molecule has 0 unspecified atom stereocenters. The molecule has 0 N–H and O–H groups in total. The third-order valence-corrected chi connectivity index (χ3v) is 7.03. The Morgan fingerprint density at radius 3 is 1.50 bits per heavy atom. The number of rotatable bonds is 8. The molecular formula is C32H32N2. The highest BCUT2D eigenvalue weighted by Crippen LogP contribution is 2.38. The molecule has 3 aromatic carbocycles. The summed E-state index contributed by atoms with van der Waals surface area (Å²) in [5.74, 6) is 0. The summed E-state index contributed by atoms with van der Waals surface area (Å²) in [6, 6.07) is 26.5. The molecule has 0 aliphatic heterocycles. The molecule has 2 heterocycles. The van der Waals surface area contributed by atoms with E-state index in [1.54, 1.807) is 0 Å². The average Bonchev–Trinajstić information content (AvgIpc) is 3.32. The van der Waals surface area contributed by atoms with Gasteiger partial charge in [-0.05, 0) is 66.1 Å². The van der Waals surface area contributed by atoms with Crippen LogP contribution in [-0.4, -0.2) is 9.13 Å². The van der Waals surface area contributed by atoms with Crippen molar-refractivity contribution in [3.63, 3.8) is 0 Å². The molecule has 0 aliphatic carbocycles. The molecule has 2 nitrogen and oxygen atoms in total. The van der Waals surface area contributed by atoms with E-state index in [0.717, 1.165) is 25.7 Å². The van der Waals surface area contributed by atoms with E-state index in [0.29, 0.717) is 0 Å². The van der Waals surface area contributed by atoms with Crippen molar-refractivity contribution in [1.82, 2.24) is 9.13 Å². The van der Waals surface area contributed by atoms with Crippen LogP contribution in [0.5, 0.6) is 0 Å². The summed E-state index contributed by atoms with van der Waals surface area (Å²) in [5, 5.41) is 2.67. The van der Waals surface area contributed by atoms with Gasteiger partial charge in [0, 0.05) is 35.9 Å². The quantitative estimate of drug-likeness (QED) is 0.213. The number of hydrogen-bond donors (Lipinski definition) is 0. The fourth-order valence-corrected chi connectivity index (χ4v) is 5.49. The summed E-state index contributed by atoms with van der Waals surface area (Å²) in [4.78, 5) is 0. The predicted octanol–water partition coefficient (Wildman–Crippen LogP) is 8.24. The van der Waals surface area contributed by atoms with Gasteiger partial charge in [0.25, 0.3) is 0 Å². The second-order valence-corrected chi connectivity index (χ2v) is 9.04. The largest absolute Gasteiger partial charge is 0.343 e. The number of allylic oxidation sites excluding steroid dienone is 2. The fourth-order valence-electron chi connectivity index (χ4n) is 5.49. The fraction of sp³-hybridized carbons (Fsp3) is 0.188. The number of aryl methyl sites for hydroxylation is 4. The zero-order chi connectivity index (χ0) is 23.7. The molecule has 0 amide bonds. The summed E-state index contributed by atoms with van der Waals surface area (Å²) >= 11 is 0. The van der Waals surface area contributed by atoms with Crippen molar-refractivity contribution in [2.24, 2.45) is 14.1 Å². The lowest BCUT2D eigenvalue weighted by Crippen LogP contribution is -1.97. The highest BCUT2D eigenvalue weighted by Gasteiger charge is 2.19. The van der Waals surface area contributed by atoms with Crippen LogP contribution >= 0.6 is 0 Å². The van der Waals surface area contributed by atoms with E-state index in [-0.39, 0.29) is 0 Å². The Labute approximate surface area is 202 Å². The third kappa shape index (κ3) is 3.60. The molecule has 2 aromatic heterocycles. The molecule has 0 saturated heterocycles. The summed E-state index contributed by atoms with van der Waals surface area (Å²) < 4.78 is 4.71. The van der Waals surface area contributed by atoms with Crippen molar-refractivity contribution >= 4 is 21.8 Å². The Hall–Kier alpha value is -3.78. The molecule has 0 saturated carbocycles. The molecule has 5 aromatic rings. The van der Waals surface area contributed by atoms with Crippen LogP contribution in [0.25, 0.3) is 44.3 Å². The van der Waals surface area contributed by atoms with E-state index < -0.39 is 0 Å². The predicted molar refractivity (Wildman–Crippen MR) is 147 cm³/mol. The maximum atomic E-state index is 3.97. The standard InChI is InChI=1S/C32H32N2/c1-5-7-16-27-25-18-9-11-20-29(25)33(3)31(27)23-14-13-15-24(22-23)32-28(17-8-6-2)26-19-10-12-21-30(26)34(32)4/h5-6,9-15,18-22H,1-2,7-8,16-17H2,3-4H3. The second kappa shape index (κ2) is 9.23. The van der Waals surface area contributed by atoms with Crippen LogP contribution in [0.1, 0.15) is 24.0 Å². The van der Waals surface area contributed by atoms with E-state index in [4.69, 9.17) is 0 Å². The van der Waals surface area contributed by atoms with Gasteiger partial charge in [-0.1, -0.05) is 66.7 Å². The first-order valence-corrected chi connectivity index (χ1v) is 12.1. The third-order valence-electron chi connectivity index (χ3n) is 7.03. The molecule has 0 atom stereocenters. The Balaban J connectivity index is 1.73. The van der Waals surface area contributed by atoms with Crippen molar-refractivity contribution in [3.8, 4) is 22.5 Å². The molecule has 5 rings (SSSR count). The van der Waals surface area contributed by atoms with Gasteiger partial charge in [0.2, 0.25) is 0 Å². The van der Waals surface area contributed by atoms with Crippen LogP contribution in [0.3, 0.4) is 0 Å². The molecule has 0 aliphatic rings. The van der Waals surface area contributed by atoms with Crippen LogP contribution in [0.15, 0.2) is 98.1 Å². The van der Waals surface area contributed by atoms with Gasteiger partial charge in [0.15, 0.2) is 0 Å². The van der Waals surface area contributed by atoms with Crippen molar-refractivity contribution in [3.05, 3.63) is 109 Å². The van der Waals surface area contributed by atoms with Crippen LogP contribution in [-0.2, 0) is 26.9 Å². The van der Waals surface area contributed by atoms with Crippen LogP contribution in [0.2, 0.25) is 0 Å². The number of fused-ring (bicyclic) bond motifs is 2. The number of aromatic nitrogens is 2. The van der Waals surface area contributed by atoms with Crippen molar-refractivity contribution in [1.29, 1.82) is 0 Å². The molecule has 0 spiro atoms. The maximum Gasteiger partial charge on any atom is 0.0521 e. The molecule has 34 heavy (non-hydrogen) atoms. The molecule has 0 bridgehead atoms. The Kier molecular flexibility index (Phi) is 5.98. The van der Waals surface area contributed by atoms with E-state index in [2.05, 4.69) is 109 Å². The molecule has 0 radical (unpaired) electrons. The zero-order valence-corrected chi connectivity index (χ0v) is 20.2. The minimum Gasteiger partial charge on any atom is -0.343 e. The van der Waals surface area contributed by atoms with Gasteiger partial charge in [-0.25, -0.2) is 0 Å². The highest BCUT2D eigenvalue weighted by atomic mass is 15.0. The van der Waals surface area contributed by atoms with Gasteiger partial charge in [-0.2, -0.15) is 0 Å². The van der Waals surface area contributed by atoms with Crippen molar-refractivity contribution < 1.29 is 0 Å². The molecule has 170 valence electrons. The van der Waals surface area contributed by atoms with Crippen LogP contribution in [0.4, 0.5) is 0 Å².